The van der Waals surface area contributed by atoms with E-state index in [0.717, 1.165) is 6.07 Å². The Hall–Kier alpha value is -0.750. The van der Waals surface area contributed by atoms with Crippen molar-refractivity contribution in [2.75, 3.05) is 26.3 Å². The first-order chi connectivity index (χ1) is 9.86. The Morgan fingerprint density at radius 1 is 1.48 bits per heavy atom. The van der Waals surface area contributed by atoms with Gasteiger partial charge in [-0.25, -0.2) is 13.2 Å². The third kappa shape index (κ3) is 3.54. The van der Waals surface area contributed by atoms with Crippen LogP contribution in [0.25, 0.3) is 0 Å². The number of carboxylic acids is 1. The van der Waals surface area contributed by atoms with Crippen molar-refractivity contribution in [3.63, 3.8) is 0 Å². The Balaban J connectivity index is 2.35. The highest BCUT2D eigenvalue weighted by Crippen LogP contribution is 2.22. The molecular weight excluding hydrogens is 413 g/mol. The fourth-order valence-electron chi connectivity index (χ4n) is 2.00. The van der Waals surface area contributed by atoms with E-state index >= 15 is 0 Å². The number of rotatable bonds is 4. The standard InChI is InChI=1S/C12H14INO6S/c13-11-2-1-9(5-10(11)12(16)17)21(18,19)14-3-4-20-8(6-14)7-15/h1-2,5,8,15H,3-4,6-7H2,(H,16,17). The Labute approximate surface area is 135 Å². The zero-order chi connectivity index (χ0) is 15.6. The number of aliphatic hydroxyl groups is 1. The van der Waals surface area contributed by atoms with Crippen molar-refractivity contribution in [2.24, 2.45) is 0 Å². The second-order valence-corrected chi connectivity index (χ2v) is 7.59. The predicted octanol–water partition coefficient (Wildman–Crippen LogP) is 0.371. The van der Waals surface area contributed by atoms with Gasteiger partial charge in [-0.1, -0.05) is 0 Å². The van der Waals surface area contributed by atoms with Crippen LogP contribution in [0, 0.1) is 3.57 Å². The summed E-state index contributed by atoms with van der Waals surface area (Å²) in [7, 11) is -3.80. The highest BCUT2D eigenvalue weighted by molar-refractivity contribution is 14.1. The smallest absolute Gasteiger partial charge is 0.336 e. The molecule has 1 heterocycles. The first-order valence-electron chi connectivity index (χ1n) is 6.11. The number of aliphatic hydroxyl groups excluding tert-OH is 1. The quantitative estimate of drug-likeness (QED) is 0.674. The van der Waals surface area contributed by atoms with E-state index in [1.165, 1.54) is 16.4 Å². The van der Waals surface area contributed by atoms with Gasteiger partial charge in [0.2, 0.25) is 10.0 Å². The summed E-state index contributed by atoms with van der Waals surface area (Å²) in [6.07, 6.45) is -0.559. The van der Waals surface area contributed by atoms with Gasteiger partial charge < -0.3 is 14.9 Å². The molecule has 2 rings (SSSR count). The van der Waals surface area contributed by atoms with Crippen molar-refractivity contribution in [1.82, 2.24) is 4.31 Å². The number of hydrogen-bond donors (Lipinski definition) is 2. The summed E-state index contributed by atoms with van der Waals surface area (Å²) in [5.41, 5.74) is -0.0522. The number of carboxylic acid groups (broad SMARTS) is 1. The molecule has 1 aromatic rings. The molecular formula is C12H14INO6S. The molecule has 0 bridgehead atoms. The summed E-state index contributed by atoms with van der Waals surface area (Å²) in [6, 6.07) is 4.00. The van der Waals surface area contributed by atoms with Crippen LogP contribution in [-0.4, -0.2) is 61.3 Å². The fraction of sp³-hybridized carbons (Fsp3) is 0.417. The lowest BCUT2D eigenvalue weighted by molar-refractivity contribution is -0.0304. The Morgan fingerprint density at radius 2 is 2.19 bits per heavy atom. The molecule has 1 unspecified atom stereocenters. The van der Waals surface area contributed by atoms with Gasteiger partial charge in [0, 0.05) is 16.7 Å². The molecule has 9 heteroatoms. The Kier molecular flexibility index (Phi) is 5.20. The van der Waals surface area contributed by atoms with Crippen molar-refractivity contribution in [3.05, 3.63) is 27.3 Å². The maximum Gasteiger partial charge on any atom is 0.336 e. The number of hydrogen-bond acceptors (Lipinski definition) is 5. The van der Waals surface area contributed by atoms with Crippen molar-refractivity contribution < 1.29 is 28.2 Å². The van der Waals surface area contributed by atoms with Crippen molar-refractivity contribution >= 4 is 38.6 Å². The van der Waals surface area contributed by atoms with Gasteiger partial charge in [-0.15, -0.1) is 0 Å². The summed E-state index contributed by atoms with van der Waals surface area (Å²) >= 11 is 1.84. The van der Waals surface area contributed by atoms with E-state index in [0.29, 0.717) is 3.57 Å². The van der Waals surface area contributed by atoms with E-state index in [2.05, 4.69) is 0 Å². The van der Waals surface area contributed by atoms with Gasteiger partial charge in [-0.3, -0.25) is 0 Å². The topological polar surface area (TPSA) is 104 Å². The van der Waals surface area contributed by atoms with Gasteiger partial charge in [0.05, 0.1) is 29.8 Å². The molecule has 116 valence electrons. The Morgan fingerprint density at radius 3 is 2.81 bits per heavy atom. The van der Waals surface area contributed by atoms with Crippen molar-refractivity contribution in [1.29, 1.82) is 0 Å². The van der Waals surface area contributed by atoms with Gasteiger partial charge in [0.15, 0.2) is 0 Å². The van der Waals surface area contributed by atoms with Gasteiger partial charge >= 0.3 is 5.97 Å². The van der Waals surface area contributed by atoms with Crippen LogP contribution in [0.3, 0.4) is 0 Å². The van der Waals surface area contributed by atoms with Crippen LogP contribution in [-0.2, 0) is 14.8 Å². The Bertz CT molecular complexity index is 647. The van der Waals surface area contributed by atoms with Crippen LogP contribution in [0.1, 0.15) is 10.4 Å². The number of halogens is 1. The minimum absolute atomic E-state index is 0.0488. The molecule has 0 aliphatic carbocycles. The highest BCUT2D eigenvalue weighted by Gasteiger charge is 2.31. The van der Waals surface area contributed by atoms with E-state index in [1.54, 1.807) is 0 Å². The third-order valence-corrected chi connectivity index (χ3v) is 5.91. The largest absolute Gasteiger partial charge is 0.478 e. The first kappa shape index (κ1) is 16.6. The molecule has 0 radical (unpaired) electrons. The molecule has 1 fully saturated rings. The highest BCUT2D eigenvalue weighted by atomic mass is 127. The predicted molar refractivity (Wildman–Crippen MR) is 81.7 cm³/mol. The molecule has 0 saturated carbocycles. The molecule has 1 saturated heterocycles. The monoisotopic (exact) mass is 427 g/mol. The summed E-state index contributed by atoms with van der Waals surface area (Å²) in [5.74, 6) is -1.17. The van der Waals surface area contributed by atoms with Gasteiger partial charge in [0.1, 0.15) is 0 Å². The lowest BCUT2D eigenvalue weighted by Crippen LogP contribution is -2.46. The molecule has 1 aliphatic rings. The number of aromatic carboxylic acids is 1. The summed E-state index contributed by atoms with van der Waals surface area (Å²) in [6.45, 7) is 0.153. The van der Waals surface area contributed by atoms with Crippen LogP contribution in [0.2, 0.25) is 0 Å². The van der Waals surface area contributed by atoms with E-state index < -0.39 is 22.1 Å². The SMILES string of the molecule is O=C(O)c1cc(S(=O)(=O)N2CCOC(CO)C2)ccc1I. The minimum atomic E-state index is -3.80. The lowest BCUT2D eigenvalue weighted by atomic mass is 10.2. The number of benzene rings is 1. The molecule has 7 nitrogen and oxygen atoms in total. The minimum Gasteiger partial charge on any atom is -0.478 e. The zero-order valence-electron chi connectivity index (χ0n) is 10.9. The zero-order valence-corrected chi connectivity index (χ0v) is 13.9. The maximum absolute atomic E-state index is 12.5. The summed E-state index contributed by atoms with van der Waals surface area (Å²) in [5, 5.41) is 18.2. The van der Waals surface area contributed by atoms with E-state index in [1.807, 2.05) is 22.6 Å². The summed E-state index contributed by atoms with van der Waals surface area (Å²) < 4.78 is 31.9. The van der Waals surface area contributed by atoms with Crippen LogP contribution >= 0.6 is 22.6 Å². The first-order valence-corrected chi connectivity index (χ1v) is 8.63. The van der Waals surface area contributed by atoms with Crippen molar-refractivity contribution in [2.45, 2.75) is 11.0 Å². The van der Waals surface area contributed by atoms with Gasteiger partial charge in [-0.05, 0) is 40.8 Å². The number of nitrogens with zero attached hydrogens (tertiary/aromatic N) is 1. The number of ether oxygens (including phenoxy) is 1. The fourth-order valence-corrected chi connectivity index (χ4v) is 4.05. The molecule has 0 amide bonds. The van der Waals surface area contributed by atoms with Crippen LogP contribution < -0.4 is 0 Å². The number of morpholine rings is 1. The summed E-state index contributed by atoms with van der Waals surface area (Å²) in [4.78, 5) is 11.0. The lowest BCUT2D eigenvalue weighted by Gasteiger charge is -2.31. The number of carbonyl (C=O) groups is 1. The molecule has 1 aliphatic heterocycles. The van der Waals surface area contributed by atoms with E-state index in [9.17, 15) is 13.2 Å². The molecule has 2 N–H and O–H groups in total. The molecule has 1 aromatic carbocycles. The normalized spacial score (nSPS) is 20.4. The second-order valence-electron chi connectivity index (χ2n) is 4.49. The molecule has 1 atom stereocenters. The second kappa shape index (κ2) is 6.57. The van der Waals surface area contributed by atoms with Gasteiger partial charge in [0.25, 0.3) is 0 Å². The average molecular weight is 427 g/mol. The molecule has 21 heavy (non-hydrogen) atoms. The average Bonchev–Trinajstić information content (AvgIpc) is 2.47. The van der Waals surface area contributed by atoms with Crippen LogP contribution in [0.15, 0.2) is 23.1 Å². The third-order valence-electron chi connectivity index (χ3n) is 3.11. The maximum atomic E-state index is 12.5. The number of sulfonamides is 1. The molecule has 0 aromatic heterocycles. The van der Waals surface area contributed by atoms with E-state index in [4.69, 9.17) is 14.9 Å². The van der Waals surface area contributed by atoms with Crippen LogP contribution in [0.4, 0.5) is 0 Å². The van der Waals surface area contributed by atoms with Crippen molar-refractivity contribution in [3.8, 4) is 0 Å². The molecule has 0 spiro atoms. The van der Waals surface area contributed by atoms with Gasteiger partial charge in [-0.2, -0.15) is 4.31 Å². The van der Waals surface area contributed by atoms with Crippen LogP contribution in [0.5, 0.6) is 0 Å². The van der Waals surface area contributed by atoms with E-state index in [-0.39, 0.29) is 36.8 Å².